The van der Waals surface area contributed by atoms with Crippen molar-refractivity contribution in [1.29, 1.82) is 0 Å². The number of ether oxygens (including phenoxy) is 2. The van der Waals surface area contributed by atoms with Gasteiger partial charge in [-0.05, 0) is 49.7 Å². The number of anilines is 1. The predicted octanol–water partition coefficient (Wildman–Crippen LogP) is 4.17. The molecule has 6 nitrogen and oxygen atoms in total. The number of hydrogen-bond acceptors (Lipinski definition) is 6. The van der Waals surface area contributed by atoms with E-state index in [1.807, 2.05) is 38.1 Å². The van der Waals surface area contributed by atoms with Crippen LogP contribution in [0, 0.1) is 6.92 Å². The van der Waals surface area contributed by atoms with E-state index in [4.69, 9.17) is 9.47 Å². The zero-order valence-electron chi connectivity index (χ0n) is 14.8. The van der Waals surface area contributed by atoms with Crippen molar-refractivity contribution in [3.8, 4) is 22.9 Å². The molecule has 1 aromatic heterocycles. The third-order valence-corrected chi connectivity index (χ3v) is 4.34. The van der Waals surface area contributed by atoms with Gasteiger partial charge in [0, 0.05) is 22.7 Å². The molecular formula is C19H19N3O3S. The van der Waals surface area contributed by atoms with Gasteiger partial charge in [0.2, 0.25) is 5.13 Å². The van der Waals surface area contributed by atoms with Gasteiger partial charge < -0.3 is 9.47 Å². The van der Waals surface area contributed by atoms with Gasteiger partial charge in [0.1, 0.15) is 11.5 Å². The van der Waals surface area contributed by atoms with E-state index in [1.54, 1.807) is 25.3 Å². The monoisotopic (exact) mass is 369 g/mol. The highest BCUT2D eigenvalue weighted by molar-refractivity contribution is 7.10. The van der Waals surface area contributed by atoms with Crippen molar-refractivity contribution in [2.45, 2.75) is 13.8 Å². The average molecular weight is 369 g/mol. The molecule has 3 rings (SSSR count). The van der Waals surface area contributed by atoms with Crippen LogP contribution in [0.4, 0.5) is 5.13 Å². The quantitative estimate of drug-likeness (QED) is 0.706. The van der Waals surface area contributed by atoms with E-state index in [2.05, 4.69) is 14.7 Å². The fourth-order valence-corrected chi connectivity index (χ4v) is 3.02. The Balaban J connectivity index is 1.74. The first-order chi connectivity index (χ1) is 12.6. The zero-order chi connectivity index (χ0) is 18.5. The molecule has 0 unspecified atom stereocenters. The topological polar surface area (TPSA) is 73.3 Å². The largest absolute Gasteiger partial charge is 0.497 e. The van der Waals surface area contributed by atoms with Gasteiger partial charge in [-0.2, -0.15) is 9.36 Å². The summed E-state index contributed by atoms with van der Waals surface area (Å²) in [7, 11) is 1.61. The lowest BCUT2D eigenvalue weighted by Crippen LogP contribution is -2.12. The van der Waals surface area contributed by atoms with Crippen molar-refractivity contribution < 1.29 is 14.3 Å². The van der Waals surface area contributed by atoms with Crippen LogP contribution >= 0.6 is 11.5 Å². The number of nitrogens with zero attached hydrogens (tertiary/aromatic N) is 2. The molecule has 26 heavy (non-hydrogen) atoms. The molecular weight excluding hydrogens is 350 g/mol. The van der Waals surface area contributed by atoms with E-state index in [9.17, 15) is 4.79 Å². The van der Waals surface area contributed by atoms with Crippen LogP contribution in [0.25, 0.3) is 11.4 Å². The Kier molecular flexibility index (Phi) is 5.48. The molecule has 1 amide bonds. The first-order valence-corrected chi connectivity index (χ1v) is 8.91. The smallest absolute Gasteiger partial charge is 0.257 e. The van der Waals surface area contributed by atoms with E-state index in [-0.39, 0.29) is 5.91 Å². The Morgan fingerprint density at radius 2 is 2.08 bits per heavy atom. The van der Waals surface area contributed by atoms with Gasteiger partial charge in [0.05, 0.1) is 13.7 Å². The summed E-state index contributed by atoms with van der Waals surface area (Å²) in [5, 5.41) is 3.23. The highest BCUT2D eigenvalue weighted by atomic mass is 32.1. The summed E-state index contributed by atoms with van der Waals surface area (Å²) in [4.78, 5) is 16.8. The minimum Gasteiger partial charge on any atom is -0.497 e. The minimum absolute atomic E-state index is 0.232. The number of amides is 1. The second-order valence-electron chi connectivity index (χ2n) is 5.52. The fraction of sp³-hybridized carbons (Fsp3) is 0.211. The summed E-state index contributed by atoms with van der Waals surface area (Å²) in [6.07, 6.45) is 0. The molecule has 7 heteroatoms. The van der Waals surface area contributed by atoms with E-state index < -0.39 is 0 Å². The fourth-order valence-electron chi connectivity index (χ4n) is 2.43. The molecule has 0 radical (unpaired) electrons. The summed E-state index contributed by atoms with van der Waals surface area (Å²) in [6.45, 7) is 4.42. The molecule has 1 heterocycles. The highest BCUT2D eigenvalue weighted by Gasteiger charge is 2.13. The molecule has 0 saturated heterocycles. The first kappa shape index (κ1) is 17.9. The highest BCUT2D eigenvalue weighted by Crippen LogP contribution is 2.25. The summed E-state index contributed by atoms with van der Waals surface area (Å²) in [6, 6.07) is 12.8. The van der Waals surface area contributed by atoms with Crippen molar-refractivity contribution >= 4 is 22.6 Å². The second kappa shape index (κ2) is 7.97. The van der Waals surface area contributed by atoms with Crippen LogP contribution in [0.3, 0.4) is 0 Å². The maximum atomic E-state index is 12.4. The Hall–Kier alpha value is -2.93. The Labute approximate surface area is 156 Å². The van der Waals surface area contributed by atoms with Gasteiger partial charge in [-0.1, -0.05) is 12.1 Å². The number of aromatic nitrogens is 2. The van der Waals surface area contributed by atoms with Gasteiger partial charge in [-0.3, -0.25) is 10.1 Å². The molecule has 0 saturated carbocycles. The van der Waals surface area contributed by atoms with Gasteiger partial charge >= 0.3 is 0 Å². The molecule has 0 atom stereocenters. The van der Waals surface area contributed by atoms with Crippen molar-refractivity contribution in [2.24, 2.45) is 0 Å². The lowest BCUT2D eigenvalue weighted by molar-refractivity contribution is 0.102. The van der Waals surface area contributed by atoms with Crippen LogP contribution in [0.2, 0.25) is 0 Å². The van der Waals surface area contributed by atoms with Gasteiger partial charge in [-0.25, -0.2) is 0 Å². The molecule has 2 aromatic carbocycles. The van der Waals surface area contributed by atoms with E-state index in [0.29, 0.717) is 23.1 Å². The number of methoxy groups -OCH3 is 1. The van der Waals surface area contributed by atoms with Gasteiger partial charge in [0.15, 0.2) is 5.82 Å². The number of nitrogens with one attached hydrogen (secondary N) is 1. The minimum atomic E-state index is -0.232. The Morgan fingerprint density at radius 3 is 2.81 bits per heavy atom. The standard InChI is InChI=1S/C19H19N3O3S/c1-4-25-16-9-8-14(10-12(16)2)18(23)21-19-20-17(22-26-19)13-6-5-7-15(11-13)24-3/h5-11H,4H2,1-3H3,(H,20,21,22,23). The van der Waals surface area contributed by atoms with Crippen LogP contribution in [0.15, 0.2) is 42.5 Å². The van der Waals surface area contributed by atoms with Crippen molar-refractivity contribution in [3.63, 3.8) is 0 Å². The predicted molar refractivity (Wildman–Crippen MR) is 102 cm³/mol. The average Bonchev–Trinajstić information content (AvgIpc) is 3.12. The Morgan fingerprint density at radius 1 is 1.23 bits per heavy atom. The SMILES string of the molecule is CCOc1ccc(C(=O)Nc2nc(-c3cccc(OC)c3)ns2)cc1C. The number of carbonyl (C=O) groups is 1. The normalized spacial score (nSPS) is 10.4. The van der Waals surface area contributed by atoms with Gasteiger partial charge in [0.25, 0.3) is 5.91 Å². The van der Waals surface area contributed by atoms with E-state index in [1.165, 1.54) is 0 Å². The summed E-state index contributed by atoms with van der Waals surface area (Å²) in [5.74, 6) is 1.82. The number of rotatable bonds is 6. The van der Waals surface area contributed by atoms with Crippen LogP contribution < -0.4 is 14.8 Å². The number of aryl methyl sites for hydroxylation is 1. The summed E-state index contributed by atoms with van der Waals surface area (Å²) in [5.41, 5.74) is 2.29. The first-order valence-electron chi connectivity index (χ1n) is 8.13. The molecule has 0 fully saturated rings. The molecule has 0 spiro atoms. The number of benzene rings is 2. The third-order valence-electron chi connectivity index (χ3n) is 3.71. The lowest BCUT2D eigenvalue weighted by atomic mass is 10.1. The molecule has 3 aromatic rings. The molecule has 134 valence electrons. The van der Waals surface area contributed by atoms with Gasteiger partial charge in [-0.15, -0.1) is 0 Å². The van der Waals surface area contributed by atoms with Crippen LogP contribution in [0.1, 0.15) is 22.8 Å². The van der Waals surface area contributed by atoms with Crippen molar-refractivity contribution in [3.05, 3.63) is 53.6 Å². The number of hydrogen-bond donors (Lipinski definition) is 1. The van der Waals surface area contributed by atoms with E-state index >= 15 is 0 Å². The van der Waals surface area contributed by atoms with Crippen LogP contribution in [0.5, 0.6) is 11.5 Å². The van der Waals surface area contributed by atoms with Crippen molar-refractivity contribution in [2.75, 3.05) is 19.0 Å². The molecule has 0 aliphatic heterocycles. The maximum Gasteiger partial charge on any atom is 0.257 e. The molecule has 0 aliphatic carbocycles. The Bertz CT molecular complexity index is 924. The summed E-state index contributed by atoms with van der Waals surface area (Å²) >= 11 is 1.14. The molecule has 0 bridgehead atoms. The van der Waals surface area contributed by atoms with Crippen molar-refractivity contribution in [1.82, 2.24) is 9.36 Å². The maximum absolute atomic E-state index is 12.4. The molecule has 1 N–H and O–H groups in total. The lowest BCUT2D eigenvalue weighted by Gasteiger charge is -2.08. The van der Waals surface area contributed by atoms with Crippen LogP contribution in [-0.4, -0.2) is 29.0 Å². The van der Waals surface area contributed by atoms with E-state index in [0.717, 1.165) is 34.2 Å². The zero-order valence-corrected chi connectivity index (χ0v) is 15.6. The second-order valence-corrected chi connectivity index (χ2v) is 6.27. The number of carbonyl (C=O) groups excluding carboxylic acids is 1. The third kappa shape index (κ3) is 4.00. The van der Waals surface area contributed by atoms with Crippen LogP contribution in [-0.2, 0) is 0 Å². The summed E-state index contributed by atoms with van der Waals surface area (Å²) < 4.78 is 15.0. The molecule has 0 aliphatic rings.